The lowest BCUT2D eigenvalue weighted by Gasteiger charge is -2.10. The van der Waals surface area contributed by atoms with E-state index >= 15 is 0 Å². The van der Waals surface area contributed by atoms with Gasteiger partial charge in [-0.2, -0.15) is 0 Å². The largest absolute Gasteiger partial charge is 0.294 e. The highest BCUT2D eigenvalue weighted by atomic mass is 32.2. The molecular formula is C19H20N4OS2. The number of nitrogens with zero attached hydrogens (tertiary/aromatic N) is 3. The molecule has 2 aliphatic rings. The third-order valence-electron chi connectivity index (χ3n) is 5.13. The van der Waals surface area contributed by atoms with Crippen LogP contribution < -0.4 is 4.72 Å². The van der Waals surface area contributed by atoms with E-state index in [0.717, 1.165) is 44.3 Å². The summed E-state index contributed by atoms with van der Waals surface area (Å²) in [6.45, 7) is 4.20. The molecule has 0 radical (unpaired) electrons. The van der Waals surface area contributed by atoms with Gasteiger partial charge in [0.15, 0.2) is 5.78 Å². The molecule has 7 heteroatoms. The first-order chi connectivity index (χ1) is 12.5. The maximum absolute atomic E-state index is 12.8. The van der Waals surface area contributed by atoms with Gasteiger partial charge in [0.2, 0.25) is 5.13 Å². The molecule has 0 saturated heterocycles. The van der Waals surface area contributed by atoms with Gasteiger partial charge in [0.05, 0.1) is 5.52 Å². The molecular weight excluding hydrogens is 364 g/mol. The molecule has 0 atom stereocenters. The predicted molar refractivity (Wildman–Crippen MR) is 105 cm³/mol. The average molecular weight is 385 g/mol. The second-order valence-corrected chi connectivity index (χ2v) is 9.64. The van der Waals surface area contributed by atoms with Crippen LogP contribution in [0.2, 0.25) is 0 Å². The molecule has 0 amide bonds. The molecule has 1 N–H and O–H groups in total. The summed E-state index contributed by atoms with van der Waals surface area (Å²) >= 11 is 3.21. The maximum Gasteiger partial charge on any atom is 0.216 e. The Kier molecular flexibility index (Phi) is 3.74. The lowest BCUT2D eigenvalue weighted by molar-refractivity contribution is 0.0969. The van der Waals surface area contributed by atoms with E-state index in [4.69, 9.17) is 0 Å². The van der Waals surface area contributed by atoms with Gasteiger partial charge in [0, 0.05) is 33.5 Å². The van der Waals surface area contributed by atoms with Crippen molar-refractivity contribution in [3.8, 4) is 5.13 Å². The monoisotopic (exact) mass is 384 g/mol. The van der Waals surface area contributed by atoms with Crippen LogP contribution in [0, 0.1) is 12.8 Å². The smallest absolute Gasteiger partial charge is 0.216 e. The molecule has 134 valence electrons. The highest BCUT2D eigenvalue weighted by Gasteiger charge is 2.37. The summed E-state index contributed by atoms with van der Waals surface area (Å²) in [4.78, 5) is 13.9. The van der Waals surface area contributed by atoms with Crippen molar-refractivity contribution in [1.82, 2.24) is 19.5 Å². The lowest BCUT2D eigenvalue weighted by atomic mass is 10.1. The maximum atomic E-state index is 12.8. The number of benzene rings is 1. The first kappa shape index (κ1) is 16.5. The molecule has 0 spiro atoms. The van der Waals surface area contributed by atoms with Gasteiger partial charge in [-0.05, 0) is 63.6 Å². The zero-order valence-electron chi connectivity index (χ0n) is 14.8. The van der Waals surface area contributed by atoms with Gasteiger partial charge in [0.25, 0.3) is 0 Å². The van der Waals surface area contributed by atoms with Crippen molar-refractivity contribution < 1.29 is 4.79 Å². The Balaban J connectivity index is 1.59. The van der Waals surface area contributed by atoms with Crippen LogP contribution in [0.1, 0.15) is 48.0 Å². The summed E-state index contributed by atoms with van der Waals surface area (Å²) in [7, 11) is 0. The van der Waals surface area contributed by atoms with Gasteiger partial charge in [-0.25, -0.2) is 0 Å². The van der Waals surface area contributed by atoms with Crippen molar-refractivity contribution in [3.63, 3.8) is 0 Å². The van der Waals surface area contributed by atoms with Crippen molar-refractivity contribution in [3.05, 3.63) is 35.0 Å². The number of Topliss-reactive ketones (excluding diaryl/α,β-unsaturated/α-hetero) is 1. The topological polar surface area (TPSA) is 59.8 Å². The van der Waals surface area contributed by atoms with E-state index in [1.807, 2.05) is 17.7 Å². The Labute approximate surface area is 160 Å². The fourth-order valence-electron chi connectivity index (χ4n) is 3.05. The first-order valence-corrected chi connectivity index (χ1v) is 10.6. The Morgan fingerprint density at radius 2 is 2.15 bits per heavy atom. The molecule has 2 saturated carbocycles. The number of aryl methyl sites for hydroxylation is 1. The van der Waals surface area contributed by atoms with E-state index in [0.29, 0.717) is 0 Å². The SMILES string of the molecule is Cc1nnc(-n2cc(C(=O)C3CC3)c3ccc(SNC4(C)CC4)cc32)s1. The van der Waals surface area contributed by atoms with Crippen LogP contribution in [0.3, 0.4) is 0 Å². The fraction of sp³-hybridized carbons (Fsp3) is 0.421. The quantitative estimate of drug-likeness (QED) is 0.500. The molecule has 3 aromatic rings. The second-order valence-electron chi connectivity index (χ2n) is 7.60. The molecule has 5 nitrogen and oxygen atoms in total. The number of fused-ring (bicyclic) bond motifs is 1. The van der Waals surface area contributed by atoms with E-state index in [9.17, 15) is 4.79 Å². The van der Waals surface area contributed by atoms with Crippen molar-refractivity contribution >= 4 is 40.0 Å². The Morgan fingerprint density at radius 3 is 2.81 bits per heavy atom. The van der Waals surface area contributed by atoms with Crippen molar-refractivity contribution in [1.29, 1.82) is 0 Å². The average Bonchev–Trinajstić information content (AvgIpc) is 3.53. The predicted octanol–water partition coefficient (Wildman–Crippen LogP) is 4.53. The molecule has 0 aliphatic heterocycles. The standard InChI is InChI=1S/C19H20N4OS2/c1-11-20-21-18(25-11)23-10-15(17(24)12-3-4-12)14-6-5-13(9-16(14)23)26-22-19(2)7-8-19/h5-6,9-10,12,22H,3-4,7-8H2,1-2H3. The summed E-state index contributed by atoms with van der Waals surface area (Å²) in [5.41, 5.74) is 2.11. The van der Waals surface area contributed by atoms with Crippen LogP contribution in [0.5, 0.6) is 0 Å². The molecule has 26 heavy (non-hydrogen) atoms. The van der Waals surface area contributed by atoms with E-state index in [1.54, 1.807) is 23.3 Å². The number of carbonyl (C=O) groups is 1. The number of rotatable bonds is 6. The van der Waals surface area contributed by atoms with Crippen molar-refractivity contribution in [2.75, 3.05) is 0 Å². The number of nitrogens with one attached hydrogen (secondary N) is 1. The number of carbonyl (C=O) groups excluding carboxylic acids is 1. The molecule has 1 aromatic carbocycles. The van der Waals surface area contributed by atoms with Gasteiger partial charge in [0.1, 0.15) is 5.01 Å². The van der Waals surface area contributed by atoms with Gasteiger partial charge < -0.3 is 0 Å². The van der Waals surface area contributed by atoms with Crippen LogP contribution in [0.15, 0.2) is 29.3 Å². The molecule has 2 heterocycles. The number of ketones is 1. The van der Waals surface area contributed by atoms with E-state index in [1.165, 1.54) is 12.8 Å². The van der Waals surface area contributed by atoms with Gasteiger partial charge in [-0.15, -0.1) is 10.2 Å². The third kappa shape index (κ3) is 2.98. The summed E-state index contributed by atoms with van der Waals surface area (Å²) in [5, 5.41) is 11.2. The Morgan fingerprint density at radius 1 is 1.35 bits per heavy atom. The summed E-state index contributed by atoms with van der Waals surface area (Å²) in [6, 6.07) is 6.33. The number of hydrogen-bond donors (Lipinski definition) is 1. The van der Waals surface area contributed by atoms with Gasteiger partial charge >= 0.3 is 0 Å². The van der Waals surface area contributed by atoms with Crippen molar-refractivity contribution in [2.45, 2.75) is 50.0 Å². The van der Waals surface area contributed by atoms with E-state index < -0.39 is 0 Å². The van der Waals surface area contributed by atoms with Crippen LogP contribution in [-0.2, 0) is 0 Å². The normalized spacial score (nSPS) is 18.4. The van der Waals surface area contributed by atoms with Crippen LogP contribution in [0.25, 0.3) is 16.0 Å². The number of hydrogen-bond acceptors (Lipinski definition) is 6. The summed E-state index contributed by atoms with van der Waals surface area (Å²) in [6.07, 6.45) is 6.43. The van der Waals surface area contributed by atoms with Gasteiger partial charge in [-0.1, -0.05) is 17.4 Å². The molecule has 2 aliphatic carbocycles. The molecule has 2 aromatic heterocycles. The van der Waals surface area contributed by atoms with E-state index in [2.05, 4.69) is 40.0 Å². The molecule has 0 unspecified atom stereocenters. The van der Waals surface area contributed by atoms with Crippen LogP contribution >= 0.6 is 23.3 Å². The highest BCUT2D eigenvalue weighted by Crippen LogP contribution is 2.39. The Bertz CT molecular complexity index is 1010. The van der Waals surface area contributed by atoms with Gasteiger partial charge in [-0.3, -0.25) is 14.1 Å². The summed E-state index contributed by atoms with van der Waals surface area (Å²) in [5.74, 6) is 0.467. The minimum Gasteiger partial charge on any atom is -0.294 e. The fourth-order valence-corrected chi connectivity index (χ4v) is 4.60. The van der Waals surface area contributed by atoms with E-state index in [-0.39, 0.29) is 17.2 Å². The lowest BCUT2D eigenvalue weighted by Crippen LogP contribution is -2.19. The minimum atomic E-state index is 0.204. The number of aromatic nitrogens is 3. The molecule has 5 rings (SSSR count). The minimum absolute atomic E-state index is 0.204. The summed E-state index contributed by atoms with van der Waals surface area (Å²) < 4.78 is 5.58. The highest BCUT2D eigenvalue weighted by molar-refractivity contribution is 7.97. The molecule has 0 bridgehead atoms. The first-order valence-electron chi connectivity index (χ1n) is 8.96. The third-order valence-corrected chi connectivity index (χ3v) is 7.05. The zero-order chi connectivity index (χ0) is 17.9. The van der Waals surface area contributed by atoms with Crippen LogP contribution in [-0.4, -0.2) is 26.1 Å². The van der Waals surface area contributed by atoms with Crippen LogP contribution in [0.4, 0.5) is 0 Å². The zero-order valence-corrected chi connectivity index (χ0v) is 16.4. The molecule has 2 fully saturated rings. The second kappa shape index (κ2) is 5.90. The Hall–Kier alpha value is -1.70. The van der Waals surface area contributed by atoms with Crippen molar-refractivity contribution in [2.24, 2.45) is 5.92 Å².